The van der Waals surface area contributed by atoms with Gasteiger partial charge in [-0.15, -0.1) is 22.9 Å². The van der Waals surface area contributed by atoms with E-state index in [0.717, 1.165) is 18.5 Å². The number of hydrogen-bond acceptors (Lipinski definition) is 3. The minimum absolute atomic E-state index is 0.0387. The maximum Gasteiger partial charge on any atom is 0.263 e. The minimum Gasteiger partial charge on any atom is -0.345 e. The number of alkyl halides is 1. The predicted octanol–water partition coefficient (Wildman–Crippen LogP) is 1.95. The molecule has 1 fully saturated rings. The van der Waals surface area contributed by atoms with E-state index in [1.165, 1.54) is 11.3 Å². The van der Waals surface area contributed by atoms with Crippen LogP contribution in [0.25, 0.3) is 0 Å². The lowest BCUT2D eigenvalue weighted by Gasteiger charge is -2.12. The van der Waals surface area contributed by atoms with Gasteiger partial charge in [0.1, 0.15) is 4.88 Å². The molecule has 1 heterocycles. The number of rotatable bonds is 3. The highest BCUT2D eigenvalue weighted by molar-refractivity contribution is 7.11. The third-order valence-corrected chi connectivity index (χ3v) is 3.88. The quantitative estimate of drug-likeness (QED) is 0.807. The van der Waals surface area contributed by atoms with Gasteiger partial charge in [0.2, 0.25) is 0 Å². The molecule has 1 N–H and O–H groups in total. The molecule has 1 aromatic rings. The molecule has 2 rings (SSSR count). The predicted molar refractivity (Wildman–Crippen MR) is 57.0 cm³/mol. The number of nitrogens with one attached hydrogen (secondary N) is 1. The van der Waals surface area contributed by atoms with Crippen LogP contribution in [0.5, 0.6) is 0 Å². The van der Waals surface area contributed by atoms with E-state index < -0.39 is 0 Å². The summed E-state index contributed by atoms with van der Waals surface area (Å²) in [5.74, 6) is 0.458. The van der Waals surface area contributed by atoms with Gasteiger partial charge in [0, 0.05) is 5.88 Å². The van der Waals surface area contributed by atoms with Gasteiger partial charge in [0.25, 0.3) is 5.91 Å². The van der Waals surface area contributed by atoms with Gasteiger partial charge in [-0.2, -0.15) is 0 Å². The fourth-order valence-electron chi connectivity index (χ4n) is 1.26. The van der Waals surface area contributed by atoms with Crippen LogP contribution < -0.4 is 5.32 Å². The van der Waals surface area contributed by atoms with Crippen molar-refractivity contribution in [1.29, 1.82) is 0 Å². The molecule has 0 saturated heterocycles. The van der Waals surface area contributed by atoms with Crippen molar-refractivity contribution in [3.05, 3.63) is 16.1 Å². The molecule has 0 bridgehead atoms. The lowest BCUT2D eigenvalue weighted by atomic mass is 10.3. The number of halogens is 1. The third kappa shape index (κ3) is 1.77. The summed E-state index contributed by atoms with van der Waals surface area (Å²) in [6.07, 6.45) is 1.97. The molecular weight excluding hydrogens is 220 g/mol. The molecule has 0 aromatic carbocycles. The average molecular weight is 231 g/mol. The Bertz CT molecular complexity index is 359. The summed E-state index contributed by atoms with van der Waals surface area (Å²) in [4.78, 5) is 16.5. The summed E-state index contributed by atoms with van der Waals surface area (Å²) < 4.78 is 0. The fraction of sp³-hybridized carbons (Fsp3) is 0.556. The Morgan fingerprint density at radius 1 is 1.79 bits per heavy atom. The normalized spacial score (nSPS) is 17.9. The Morgan fingerprint density at radius 3 is 2.93 bits per heavy atom. The molecule has 1 aliphatic carbocycles. The molecule has 0 unspecified atom stereocenters. The summed E-state index contributed by atoms with van der Waals surface area (Å²) in [7, 11) is 0. The van der Waals surface area contributed by atoms with Crippen LogP contribution in [0.2, 0.25) is 0 Å². The number of nitrogens with zero attached hydrogens (tertiary/aromatic N) is 1. The first-order chi connectivity index (χ1) is 6.67. The zero-order valence-corrected chi connectivity index (χ0v) is 9.41. The standard InChI is InChI=1S/C9H11ClN2OS/c1-6-7(14-5-11-6)8(13)12-9(4-10)2-3-9/h5H,2-4H2,1H3,(H,12,13). The molecule has 0 aliphatic heterocycles. The van der Waals surface area contributed by atoms with Gasteiger partial charge in [-0.1, -0.05) is 0 Å². The van der Waals surface area contributed by atoms with Crippen LogP contribution in [0.1, 0.15) is 28.2 Å². The first kappa shape index (κ1) is 9.93. The first-order valence-electron chi connectivity index (χ1n) is 4.45. The molecule has 0 radical (unpaired) electrons. The maximum atomic E-state index is 11.7. The molecule has 5 heteroatoms. The molecule has 1 aromatic heterocycles. The highest BCUT2D eigenvalue weighted by atomic mass is 35.5. The fourth-order valence-corrected chi connectivity index (χ4v) is 2.29. The van der Waals surface area contributed by atoms with Crippen molar-refractivity contribution in [2.75, 3.05) is 5.88 Å². The van der Waals surface area contributed by atoms with Gasteiger partial charge >= 0.3 is 0 Å². The van der Waals surface area contributed by atoms with Crippen LogP contribution in [0.3, 0.4) is 0 Å². The average Bonchev–Trinajstić information content (AvgIpc) is 2.80. The van der Waals surface area contributed by atoms with Gasteiger partial charge in [-0.25, -0.2) is 4.98 Å². The second-order valence-corrected chi connectivity index (χ2v) is 4.76. The largest absolute Gasteiger partial charge is 0.345 e. The van der Waals surface area contributed by atoms with E-state index in [0.29, 0.717) is 10.8 Å². The van der Waals surface area contributed by atoms with Crippen molar-refractivity contribution in [3.8, 4) is 0 Å². The smallest absolute Gasteiger partial charge is 0.263 e. The minimum atomic E-state index is -0.130. The summed E-state index contributed by atoms with van der Waals surface area (Å²) in [5.41, 5.74) is 2.34. The molecule has 0 spiro atoms. The summed E-state index contributed by atoms with van der Waals surface area (Å²) in [6.45, 7) is 1.84. The van der Waals surface area contributed by atoms with Gasteiger partial charge < -0.3 is 5.32 Å². The van der Waals surface area contributed by atoms with Crippen molar-refractivity contribution in [3.63, 3.8) is 0 Å². The first-order valence-corrected chi connectivity index (χ1v) is 5.87. The number of carbonyl (C=O) groups excluding carboxylic acids is 1. The van der Waals surface area contributed by atoms with Crippen molar-refractivity contribution in [2.45, 2.75) is 25.3 Å². The Balaban J connectivity index is 2.07. The van der Waals surface area contributed by atoms with Crippen LogP contribution in [-0.4, -0.2) is 22.3 Å². The maximum absolute atomic E-state index is 11.7. The lowest BCUT2D eigenvalue weighted by molar-refractivity contribution is 0.0939. The second kappa shape index (κ2) is 3.51. The Hall–Kier alpha value is -0.610. The molecule has 1 amide bonds. The van der Waals surface area contributed by atoms with E-state index in [1.54, 1.807) is 5.51 Å². The third-order valence-electron chi connectivity index (χ3n) is 2.44. The molecule has 0 atom stereocenters. The van der Waals surface area contributed by atoms with Crippen LogP contribution >= 0.6 is 22.9 Å². The molecular formula is C9H11ClN2OS. The zero-order valence-electron chi connectivity index (χ0n) is 7.84. The van der Waals surface area contributed by atoms with Gasteiger partial charge in [0.15, 0.2) is 0 Å². The summed E-state index contributed by atoms with van der Waals surface area (Å²) in [6, 6.07) is 0. The van der Waals surface area contributed by atoms with E-state index >= 15 is 0 Å². The number of thiazole rings is 1. The molecule has 1 saturated carbocycles. The summed E-state index contributed by atoms with van der Waals surface area (Å²) in [5, 5.41) is 2.96. The zero-order chi connectivity index (χ0) is 10.2. The molecule has 14 heavy (non-hydrogen) atoms. The van der Waals surface area contributed by atoms with E-state index in [1.807, 2.05) is 6.92 Å². The van der Waals surface area contributed by atoms with E-state index in [9.17, 15) is 4.79 Å². The number of aryl methyl sites for hydroxylation is 1. The SMILES string of the molecule is Cc1ncsc1C(=O)NC1(CCl)CC1. The van der Waals surface area contributed by atoms with Gasteiger partial charge in [-0.3, -0.25) is 4.79 Å². The van der Waals surface area contributed by atoms with Crippen LogP contribution in [0, 0.1) is 6.92 Å². The topological polar surface area (TPSA) is 42.0 Å². The summed E-state index contributed by atoms with van der Waals surface area (Å²) >= 11 is 7.14. The molecule has 1 aliphatic rings. The van der Waals surface area contributed by atoms with Crippen molar-refractivity contribution >= 4 is 28.8 Å². The van der Waals surface area contributed by atoms with Gasteiger partial charge in [-0.05, 0) is 19.8 Å². The Kier molecular flexibility index (Phi) is 2.49. The van der Waals surface area contributed by atoms with Crippen LogP contribution in [0.4, 0.5) is 0 Å². The monoisotopic (exact) mass is 230 g/mol. The van der Waals surface area contributed by atoms with Crippen LogP contribution in [-0.2, 0) is 0 Å². The van der Waals surface area contributed by atoms with Crippen molar-refractivity contribution in [2.24, 2.45) is 0 Å². The number of aromatic nitrogens is 1. The van der Waals surface area contributed by atoms with Crippen molar-refractivity contribution < 1.29 is 4.79 Å². The molecule has 3 nitrogen and oxygen atoms in total. The van der Waals surface area contributed by atoms with E-state index in [-0.39, 0.29) is 11.4 Å². The van der Waals surface area contributed by atoms with E-state index in [2.05, 4.69) is 10.3 Å². The van der Waals surface area contributed by atoms with Gasteiger partial charge in [0.05, 0.1) is 16.7 Å². The molecule has 76 valence electrons. The Labute approximate surface area is 91.5 Å². The number of hydrogen-bond donors (Lipinski definition) is 1. The van der Waals surface area contributed by atoms with Crippen molar-refractivity contribution in [1.82, 2.24) is 10.3 Å². The highest BCUT2D eigenvalue weighted by Crippen LogP contribution is 2.36. The Morgan fingerprint density at radius 2 is 2.50 bits per heavy atom. The van der Waals surface area contributed by atoms with Crippen LogP contribution in [0.15, 0.2) is 5.51 Å². The van der Waals surface area contributed by atoms with E-state index in [4.69, 9.17) is 11.6 Å². The lowest BCUT2D eigenvalue weighted by Crippen LogP contribution is -2.38. The number of carbonyl (C=O) groups is 1. The highest BCUT2D eigenvalue weighted by Gasteiger charge is 2.43. The second-order valence-electron chi connectivity index (χ2n) is 3.63. The number of amides is 1.